The van der Waals surface area contributed by atoms with Gasteiger partial charge >= 0.3 is 0 Å². The van der Waals surface area contributed by atoms with E-state index in [1.807, 2.05) is 66.2 Å². The highest BCUT2D eigenvalue weighted by molar-refractivity contribution is 7.89. The van der Waals surface area contributed by atoms with Gasteiger partial charge in [-0.15, -0.1) is 0 Å². The van der Waals surface area contributed by atoms with Gasteiger partial charge in [0.25, 0.3) is 0 Å². The Labute approximate surface area is 163 Å². The number of rotatable bonds is 6. The third kappa shape index (κ3) is 4.05. The molecule has 0 atom stereocenters. The number of pyridine rings is 1. The van der Waals surface area contributed by atoms with Crippen molar-refractivity contribution in [2.24, 2.45) is 0 Å². The predicted octanol–water partition coefficient (Wildman–Crippen LogP) is 3.91. The van der Waals surface area contributed by atoms with Crippen LogP contribution in [0, 0.1) is 6.92 Å². The topological polar surface area (TPSA) is 72.7 Å². The van der Waals surface area contributed by atoms with E-state index in [2.05, 4.69) is 9.71 Å². The smallest absolute Gasteiger partial charge is 0.240 e. The highest BCUT2D eigenvalue weighted by Gasteiger charge is 2.15. The summed E-state index contributed by atoms with van der Waals surface area (Å²) >= 11 is 0. The molecule has 0 saturated heterocycles. The Morgan fingerprint density at radius 1 is 1.00 bits per heavy atom. The van der Waals surface area contributed by atoms with Crippen molar-refractivity contribution in [1.82, 2.24) is 14.1 Å². The highest BCUT2D eigenvalue weighted by atomic mass is 32.2. The zero-order chi connectivity index (χ0) is 19.6. The first-order valence-corrected chi connectivity index (χ1v) is 10.2. The lowest BCUT2D eigenvalue weighted by atomic mass is 10.3. The van der Waals surface area contributed by atoms with Gasteiger partial charge in [-0.1, -0.05) is 18.2 Å². The van der Waals surface area contributed by atoms with Crippen LogP contribution in [-0.4, -0.2) is 17.8 Å². The molecule has 0 unspecified atom stereocenters. The zero-order valence-electron chi connectivity index (χ0n) is 15.2. The first-order valence-electron chi connectivity index (χ1n) is 8.76. The average Bonchev–Trinajstić information content (AvgIpc) is 3.10. The molecule has 0 fully saturated rings. The van der Waals surface area contributed by atoms with Crippen LogP contribution in [0.4, 0.5) is 0 Å². The van der Waals surface area contributed by atoms with Crippen molar-refractivity contribution >= 4 is 15.7 Å². The Bertz CT molecular complexity index is 1200. The van der Waals surface area contributed by atoms with Crippen molar-refractivity contribution in [3.05, 3.63) is 90.4 Å². The summed E-state index contributed by atoms with van der Waals surface area (Å²) in [5.41, 5.74) is 2.54. The van der Waals surface area contributed by atoms with Crippen molar-refractivity contribution in [3.8, 4) is 11.5 Å². The summed E-state index contributed by atoms with van der Waals surface area (Å²) in [4.78, 5) is 4.62. The van der Waals surface area contributed by atoms with Gasteiger partial charge in [-0.25, -0.2) is 18.1 Å². The molecule has 2 aromatic heterocycles. The van der Waals surface area contributed by atoms with E-state index in [0.717, 1.165) is 11.2 Å². The van der Waals surface area contributed by atoms with Crippen LogP contribution in [0.1, 0.15) is 11.3 Å². The molecule has 2 aromatic carbocycles. The lowest BCUT2D eigenvalue weighted by molar-refractivity contribution is 0.482. The number of para-hydroxylation sites is 1. The van der Waals surface area contributed by atoms with Crippen LogP contribution in [-0.2, 0) is 16.6 Å². The number of sulfonamides is 1. The Morgan fingerprint density at radius 3 is 2.46 bits per heavy atom. The fourth-order valence-corrected chi connectivity index (χ4v) is 3.78. The average molecular weight is 393 g/mol. The molecule has 1 N–H and O–H groups in total. The van der Waals surface area contributed by atoms with Crippen LogP contribution in [0.25, 0.3) is 5.65 Å². The van der Waals surface area contributed by atoms with E-state index < -0.39 is 10.0 Å². The monoisotopic (exact) mass is 393 g/mol. The third-order valence-electron chi connectivity index (χ3n) is 4.22. The summed E-state index contributed by atoms with van der Waals surface area (Å²) in [6.07, 6.45) is 3.72. The number of nitrogens with zero attached hydrogens (tertiary/aromatic N) is 2. The highest BCUT2D eigenvalue weighted by Crippen LogP contribution is 2.22. The molecule has 28 heavy (non-hydrogen) atoms. The molecule has 4 aromatic rings. The number of imidazole rings is 1. The van der Waals surface area contributed by atoms with E-state index in [9.17, 15) is 8.42 Å². The number of hydrogen-bond donors (Lipinski definition) is 1. The molecule has 0 amide bonds. The molecule has 0 bridgehead atoms. The quantitative estimate of drug-likeness (QED) is 0.539. The molecule has 6 nitrogen and oxygen atoms in total. The van der Waals surface area contributed by atoms with Gasteiger partial charge in [0.05, 0.1) is 17.1 Å². The molecule has 0 radical (unpaired) electrons. The second kappa shape index (κ2) is 7.46. The predicted molar refractivity (Wildman–Crippen MR) is 107 cm³/mol. The summed E-state index contributed by atoms with van der Waals surface area (Å²) < 4.78 is 35.3. The van der Waals surface area contributed by atoms with Crippen molar-refractivity contribution in [1.29, 1.82) is 0 Å². The normalized spacial score (nSPS) is 11.6. The van der Waals surface area contributed by atoms with Crippen molar-refractivity contribution in [3.63, 3.8) is 0 Å². The lowest BCUT2D eigenvalue weighted by Gasteiger charge is -2.08. The van der Waals surface area contributed by atoms with E-state index in [1.54, 1.807) is 12.1 Å². The summed E-state index contributed by atoms with van der Waals surface area (Å²) in [7, 11) is -3.65. The van der Waals surface area contributed by atoms with Crippen LogP contribution >= 0.6 is 0 Å². The maximum atomic E-state index is 12.6. The van der Waals surface area contributed by atoms with Crippen LogP contribution in [0.2, 0.25) is 0 Å². The molecule has 0 aliphatic carbocycles. The van der Waals surface area contributed by atoms with Gasteiger partial charge in [-0.05, 0) is 61.0 Å². The Kier molecular flexibility index (Phi) is 4.85. The number of fused-ring (bicyclic) bond motifs is 1. The summed E-state index contributed by atoms with van der Waals surface area (Å²) in [5, 5.41) is 0. The SMILES string of the molecule is Cc1ccn2cc(CNS(=O)(=O)c3ccc(Oc4ccccc4)cc3)nc2c1. The summed E-state index contributed by atoms with van der Waals surface area (Å²) in [5.74, 6) is 1.26. The first-order chi connectivity index (χ1) is 13.5. The van der Waals surface area contributed by atoms with Crippen LogP contribution in [0.3, 0.4) is 0 Å². The first kappa shape index (κ1) is 18.2. The van der Waals surface area contributed by atoms with Gasteiger partial charge < -0.3 is 9.14 Å². The van der Waals surface area contributed by atoms with Crippen LogP contribution in [0.5, 0.6) is 11.5 Å². The molecule has 0 spiro atoms. The minimum atomic E-state index is -3.65. The second-order valence-corrected chi connectivity index (χ2v) is 8.18. The summed E-state index contributed by atoms with van der Waals surface area (Å²) in [6, 6.07) is 19.6. The van der Waals surface area contributed by atoms with Crippen LogP contribution in [0.15, 0.2) is 84.0 Å². The molecular formula is C21H19N3O3S. The fraction of sp³-hybridized carbons (Fsp3) is 0.0952. The van der Waals surface area contributed by atoms with E-state index >= 15 is 0 Å². The number of hydrogen-bond acceptors (Lipinski definition) is 4. The van der Waals surface area contributed by atoms with Crippen molar-refractivity contribution in [2.45, 2.75) is 18.4 Å². The van der Waals surface area contributed by atoms with Gasteiger partial charge in [-0.2, -0.15) is 0 Å². The van der Waals surface area contributed by atoms with Gasteiger partial charge in [0, 0.05) is 12.4 Å². The Hall–Kier alpha value is -3.16. The number of ether oxygens (including phenoxy) is 1. The second-order valence-electron chi connectivity index (χ2n) is 6.41. The van der Waals surface area contributed by atoms with E-state index in [0.29, 0.717) is 17.2 Å². The van der Waals surface area contributed by atoms with E-state index in [1.165, 1.54) is 12.1 Å². The maximum Gasteiger partial charge on any atom is 0.240 e. The summed E-state index contributed by atoms with van der Waals surface area (Å²) in [6.45, 7) is 2.10. The Morgan fingerprint density at radius 2 is 1.71 bits per heavy atom. The standard InChI is InChI=1S/C21H19N3O3S/c1-16-11-12-24-15-17(23-21(24)13-16)14-22-28(25,26)20-9-7-19(8-10-20)27-18-5-3-2-4-6-18/h2-13,15,22H,14H2,1H3. The van der Waals surface area contributed by atoms with Gasteiger partial charge in [0.15, 0.2) is 0 Å². The molecular weight excluding hydrogens is 374 g/mol. The van der Waals surface area contributed by atoms with Gasteiger partial charge in [-0.3, -0.25) is 0 Å². The molecule has 7 heteroatoms. The lowest BCUT2D eigenvalue weighted by Crippen LogP contribution is -2.23. The Balaban J connectivity index is 1.45. The van der Waals surface area contributed by atoms with Crippen LogP contribution < -0.4 is 9.46 Å². The molecule has 2 heterocycles. The number of nitrogens with one attached hydrogen (secondary N) is 1. The molecule has 0 aliphatic rings. The minimum absolute atomic E-state index is 0.116. The maximum absolute atomic E-state index is 12.6. The van der Waals surface area contributed by atoms with E-state index in [4.69, 9.17) is 4.74 Å². The molecule has 142 valence electrons. The third-order valence-corrected chi connectivity index (χ3v) is 5.64. The largest absolute Gasteiger partial charge is 0.457 e. The van der Waals surface area contributed by atoms with Gasteiger partial charge in [0.1, 0.15) is 17.1 Å². The number of aryl methyl sites for hydroxylation is 1. The minimum Gasteiger partial charge on any atom is -0.457 e. The number of benzene rings is 2. The van der Waals surface area contributed by atoms with Crippen molar-refractivity contribution < 1.29 is 13.2 Å². The fourth-order valence-electron chi connectivity index (χ4n) is 2.79. The van der Waals surface area contributed by atoms with E-state index in [-0.39, 0.29) is 11.4 Å². The number of aromatic nitrogens is 2. The molecule has 0 aliphatic heterocycles. The molecule has 4 rings (SSSR count). The van der Waals surface area contributed by atoms with Gasteiger partial charge in [0.2, 0.25) is 10.0 Å². The zero-order valence-corrected chi connectivity index (χ0v) is 16.1. The van der Waals surface area contributed by atoms with Crippen molar-refractivity contribution in [2.75, 3.05) is 0 Å². The molecule has 0 saturated carbocycles.